The molecule has 0 aliphatic rings. The summed E-state index contributed by atoms with van der Waals surface area (Å²) in [6.07, 6.45) is 1.83. The molecule has 1 aromatic carbocycles. The molecule has 0 heterocycles. The van der Waals surface area contributed by atoms with Gasteiger partial charge < -0.3 is 4.74 Å². The van der Waals surface area contributed by atoms with Crippen molar-refractivity contribution in [2.45, 2.75) is 39.2 Å². The fraction of sp³-hybridized carbons (Fsp3) is 0.400. The molecule has 17 heavy (non-hydrogen) atoms. The van der Waals surface area contributed by atoms with Gasteiger partial charge in [0.25, 0.3) is 0 Å². The summed E-state index contributed by atoms with van der Waals surface area (Å²) in [7, 11) is 0. The van der Waals surface area contributed by atoms with Crippen LogP contribution < -0.4 is 0 Å². The maximum atomic E-state index is 11.9. The van der Waals surface area contributed by atoms with E-state index in [0.717, 1.165) is 18.4 Å². The lowest BCUT2D eigenvalue weighted by molar-refractivity contribution is -0.149. The van der Waals surface area contributed by atoms with E-state index < -0.39 is 5.60 Å². The molecule has 0 bridgehead atoms. The van der Waals surface area contributed by atoms with Crippen molar-refractivity contribution < 1.29 is 9.53 Å². The molecule has 0 aromatic heterocycles. The van der Waals surface area contributed by atoms with Gasteiger partial charge in [0.2, 0.25) is 0 Å². The summed E-state index contributed by atoms with van der Waals surface area (Å²) in [6, 6.07) is 9.38. The third-order valence-electron chi connectivity index (χ3n) is 2.59. The van der Waals surface area contributed by atoms with Crippen LogP contribution in [0.1, 0.15) is 39.2 Å². The van der Waals surface area contributed by atoms with E-state index >= 15 is 0 Å². The topological polar surface area (TPSA) is 26.3 Å². The normalized spacial score (nSPS) is 11.0. The molecule has 0 amide bonds. The molecule has 0 saturated carbocycles. The number of rotatable bonds is 5. The third-order valence-corrected chi connectivity index (χ3v) is 2.59. The van der Waals surface area contributed by atoms with E-state index in [4.69, 9.17) is 4.74 Å². The molecule has 1 rings (SSSR count). The predicted octanol–water partition coefficient (Wildman–Crippen LogP) is 3.82. The highest BCUT2D eigenvalue weighted by Gasteiger charge is 2.23. The highest BCUT2D eigenvalue weighted by atomic mass is 16.6. The van der Waals surface area contributed by atoms with E-state index in [1.165, 1.54) is 0 Å². The smallest absolute Gasteiger partial charge is 0.338 e. The van der Waals surface area contributed by atoms with Crippen LogP contribution >= 0.6 is 0 Å². The van der Waals surface area contributed by atoms with Gasteiger partial charge in [0, 0.05) is 0 Å². The second-order valence-corrected chi connectivity index (χ2v) is 4.74. The molecule has 0 atom stereocenters. The van der Waals surface area contributed by atoms with Crippen molar-refractivity contribution in [2.75, 3.05) is 0 Å². The maximum Gasteiger partial charge on any atom is 0.338 e. The van der Waals surface area contributed by atoms with E-state index in [9.17, 15) is 4.79 Å². The summed E-state index contributed by atoms with van der Waals surface area (Å²) in [4.78, 5) is 11.9. The lowest BCUT2D eigenvalue weighted by atomic mass is 10.0. The van der Waals surface area contributed by atoms with Crippen LogP contribution in [0, 0.1) is 0 Å². The molecule has 2 heteroatoms. The van der Waals surface area contributed by atoms with Crippen LogP contribution in [0.25, 0.3) is 5.57 Å². The Balaban J connectivity index is 2.69. The fourth-order valence-electron chi connectivity index (χ4n) is 1.72. The van der Waals surface area contributed by atoms with Gasteiger partial charge >= 0.3 is 5.97 Å². The highest BCUT2D eigenvalue weighted by Crippen LogP contribution is 2.21. The van der Waals surface area contributed by atoms with Gasteiger partial charge in [-0.3, -0.25) is 0 Å². The average Bonchev–Trinajstić information content (AvgIpc) is 2.28. The Hall–Kier alpha value is -1.57. The Kier molecular flexibility index (Phi) is 4.50. The fourth-order valence-corrected chi connectivity index (χ4v) is 1.72. The molecule has 0 aliphatic carbocycles. The molecule has 1 aromatic rings. The first-order valence-electron chi connectivity index (χ1n) is 5.94. The van der Waals surface area contributed by atoms with Crippen molar-refractivity contribution >= 4 is 11.5 Å². The molecule has 0 aliphatic heterocycles. The molecule has 0 N–H and O–H groups in total. The number of hydrogen-bond donors (Lipinski definition) is 0. The summed E-state index contributed by atoms with van der Waals surface area (Å²) >= 11 is 0. The minimum atomic E-state index is -0.427. The largest absolute Gasteiger partial charge is 0.456 e. The molecule has 2 nitrogen and oxygen atoms in total. The zero-order valence-corrected chi connectivity index (χ0v) is 10.8. The number of carbonyl (C=O) groups excluding carboxylic acids is 1. The van der Waals surface area contributed by atoms with Crippen molar-refractivity contribution in [3.63, 3.8) is 0 Å². The summed E-state index contributed by atoms with van der Waals surface area (Å²) in [5, 5.41) is 0. The number of hydrogen-bond acceptors (Lipinski definition) is 2. The Morgan fingerprint density at radius 3 is 2.41 bits per heavy atom. The zero-order valence-electron chi connectivity index (χ0n) is 10.8. The van der Waals surface area contributed by atoms with Crippen molar-refractivity contribution in [2.24, 2.45) is 0 Å². The summed E-state index contributed by atoms with van der Waals surface area (Å²) in [5.74, 6) is -0.338. The van der Waals surface area contributed by atoms with Crippen molar-refractivity contribution in [3.05, 3.63) is 42.5 Å². The Labute approximate surface area is 103 Å². The Morgan fingerprint density at radius 1 is 1.29 bits per heavy atom. The molecule has 0 spiro atoms. The van der Waals surface area contributed by atoms with Gasteiger partial charge in [0.15, 0.2) is 0 Å². The first-order chi connectivity index (χ1) is 7.96. The Bertz CT molecular complexity index is 391. The van der Waals surface area contributed by atoms with Gasteiger partial charge in [-0.15, -0.1) is 0 Å². The van der Waals surface area contributed by atoms with E-state index in [0.29, 0.717) is 5.57 Å². The van der Waals surface area contributed by atoms with Crippen molar-refractivity contribution in [1.82, 2.24) is 0 Å². The molecule has 0 unspecified atom stereocenters. The van der Waals surface area contributed by atoms with Gasteiger partial charge in [-0.25, -0.2) is 4.79 Å². The first-order valence-corrected chi connectivity index (χ1v) is 5.94. The van der Waals surface area contributed by atoms with E-state index in [1.807, 2.05) is 44.2 Å². The second-order valence-electron chi connectivity index (χ2n) is 4.74. The van der Waals surface area contributed by atoms with Gasteiger partial charge in [0.05, 0.1) is 5.57 Å². The zero-order chi connectivity index (χ0) is 12.9. The van der Waals surface area contributed by atoms with Crippen LogP contribution in [0.5, 0.6) is 0 Å². The average molecular weight is 232 g/mol. The predicted molar refractivity (Wildman–Crippen MR) is 70.6 cm³/mol. The lowest BCUT2D eigenvalue weighted by Crippen LogP contribution is -2.28. The van der Waals surface area contributed by atoms with Crippen molar-refractivity contribution in [3.8, 4) is 0 Å². The van der Waals surface area contributed by atoms with E-state index in [1.54, 1.807) is 0 Å². The highest BCUT2D eigenvalue weighted by molar-refractivity contribution is 6.15. The van der Waals surface area contributed by atoms with E-state index in [2.05, 4.69) is 13.5 Å². The molecular formula is C15H20O2. The summed E-state index contributed by atoms with van der Waals surface area (Å²) in [6.45, 7) is 9.71. The number of carbonyl (C=O) groups is 1. The summed E-state index contributed by atoms with van der Waals surface area (Å²) in [5.41, 5.74) is 0.795. The van der Waals surface area contributed by atoms with Crippen LogP contribution in [0.4, 0.5) is 0 Å². The minimum Gasteiger partial charge on any atom is -0.456 e. The number of esters is 1. The third kappa shape index (κ3) is 4.06. The van der Waals surface area contributed by atoms with Crippen LogP contribution in [0.3, 0.4) is 0 Å². The SMILES string of the molecule is C=C(C(=O)OC(C)(C)CCC)c1ccccc1. The maximum absolute atomic E-state index is 11.9. The summed E-state index contributed by atoms with van der Waals surface area (Å²) < 4.78 is 5.46. The van der Waals surface area contributed by atoms with Crippen LogP contribution in [-0.2, 0) is 9.53 Å². The number of ether oxygens (including phenoxy) is 1. The second kappa shape index (κ2) is 5.67. The lowest BCUT2D eigenvalue weighted by Gasteiger charge is -2.25. The number of benzene rings is 1. The monoisotopic (exact) mass is 232 g/mol. The quantitative estimate of drug-likeness (QED) is 0.570. The first kappa shape index (κ1) is 13.5. The van der Waals surface area contributed by atoms with Crippen molar-refractivity contribution in [1.29, 1.82) is 0 Å². The minimum absolute atomic E-state index is 0.338. The molecule has 0 saturated heterocycles. The van der Waals surface area contributed by atoms with Gasteiger partial charge in [-0.1, -0.05) is 50.3 Å². The van der Waals surface area contributed by atoms with Gasteiger partial charge in [-0.2, -0.15) is 0 Å². The standard InChI is InChI=1S/C15H20O2/c1-5-11-15(3,4)17-14(16)12(2)13-9-7-6-8-10-13/h6-10H,2,5,11H2,1,3-4H3. The molecule has 92 valence electrons. The van der Waals surface area contributed by atoms with E-state index in [-0.39, 0.29) is 5.97 Å². The van der Waals surface area contributed by atoms with Gasteiger partial charge in [-0.05, 0) is 25.8 Å². The molecular weight excluding hydrogens is 212 g/mol. The van der Waals surface area contributed by atoms with Crippen LogP contribution in [-0.4, -0.2) is 11.6 Å². The molecule has 0 fully saturated rings. The molecule has 0 radical (unpaired) electrons. The van der Waals surface area contributed by atoms with Crippen LogP contribution in [0.15, 0.2) is 36.9 Å². The Morgan fingerprint density at radius 2 is 1.88 bits per heavy atom. The van der Waals surface area contributed by atoms with Gasteiger partial charge in [0.1, 0.15) is 5.60 Å². The van der Waals surface area contributed by atoms with Crippen LogP contribution in [0.2, 0.25) is 0 Å².